The van der Waals surface area contributed by atoms with Crippen molar-refractivity contribution in [3.63, 3.8) is 0 Å². The molecule has 21 heavy (non-hydrogen) atoms. The summed E-state index contributed by atoms with van der Waals surface area (Å²) in [5, 5.41) is -0.368. The quantitative estimate of drug-likeness (QED) is 0.703. The molecular weight excluding hydrogens is 294 g/mol. The molecule has 5 heteroatoms. The van der Waals surface area contributed by atoms with Crippen LogP contribution in [0.4, 0.5) is 8.78 Å². The van der Waals surface area contributed by atoms with Gasteiger partial charge in [-0.25, -0.2) is 13.8 Å². The van der Waals surface area contributed by atoms with Gasteiger partial charge in [-0.3, -0.25) is 0 Å². The van der Waals surface area contributed by atoms with Gasteiger partial charge in [0.1, 0.15) is 11.3 Å². The van der Waals surface area contributed by atoms with Crippen LogP contribution in [-0.4, -0.2) is 9.55 Å². The minimum atomic E-state index is -0.860. The number of aromatic nitrogens is 2. The van der Waals surface area contributed by atoms with Crippen LogP contribution in [0.2, 0.25) is 0 Å². The van der Waals surface area contributed by atoms with Gasteiger partial charge in [0.25, 0.3) is 0 Å². The molecule has 0 fully saturated rings. The smallest absolute Gasteiger partial charge is 0.184 e. The molecule has 0 aliphatic heterocycles. The Morgan fingerprint density at radius 3 is 2.38 bits per heavy atom. The normalized spacial score (nSPS) is 15.4. The number of rotatable bonds is 3. The molecule has 0 bridgehead atoms. The van der Waals surface area contributed by atoms with Crippen molar-refractivity contribution in [2.45, 2.75) is 46.5 Å². The zero-order valence-electron chi connectivity index (χ0n) is 13.0. The van der Waals surface area contributed by atoms with E-state index in [-0.39, 0.29) is 22.2 Å². The molecular formula is C16H21ClF2N2. The summed E-state index contributed by atoms with van der Waals surface area (Å²) in [6, 6.07) is 2.60. The number of benzene rings is 1. The zero-order valence-corrected chi connectivity index (χ0v) is 13.8. The van der Waals surface area contributed by atoms with Gasteiger partial charge >= 0.3 is 0 Å². The molecule has 0 saturated heterocycles. The highest BCUT2D eigenvalue weighted by Gasteiger charge is 2.25. The molecule has 0 aliphatic carbocycles. The lowest BCUT2D eigenvalue weighted by molar-refractivity contribution is 0.232. The first-order valence-electron chi connectivity index (χ1n) is 7.11. The number of hydrogen-bond acceptors (Lipinski definition) is 1. The number of imidazole rings is 1. The van der Waals surface area contributed by atoms with Crippen molar-refractivity contribution in [3.8, 4) is 0 Å². The molecule has 0 spiro atoms. The zero-order chi connectivity index (χ0) is 15.9. The van der Waals surface area contributed by atoms with Crippen molar-refractivity contribution in [3.05, 3.63) is 29.6 Å². The lowest BCUT2D eigenvalue weighted by atomic mass is 9.82. The highest BCUT2D eigenvalue weighted by atomic mass is 35.5. The van der Waals surface area contributed by atoms with Crippen LogP contribution in [0.25, 0.3) is 11.0 Å². The number of fused-ring (bicyclic) bond motifs is 1. The molecule has 2 aromatic rings. The standard InChI is InChI=1S/C16H21ClF2N2/c1-9(16(3,4)5)8-21-14-12(20-15(21)10(2)17)7-6-11(18)13(14)19/h6-7,9-10H,8H2,1-5H3. The molecule has 2 rings (SSSR count). The van der Waals surface area contributed by atoms with E-state index in [1.165, 1.54) is 6.07 Å². The van der Waals surface area contributed by atoms with Crippen molar-refractivity contribution in [1.82, 2.24) is 9.55 Å². The minimum Gasteiger partial charge on any atom is -0.324 e. The lowest BCUT2D eigenvalue weighted by Crippen LogP contribution is -2.23. The third-order valence-electron chi connectivity index (χ3n) is 4.12. The van der Waals surface area contributed by atoms with E-state index in [1.54, 1.807) is 11.5 Å². The van der Waals surface area contributed by atoms with Crippen LogP contribution < -0.4 is 0 Å². The van der Waals surface area contributed by atoms with E-state index < -0.39 is 11.6 Å². The maximum atomic E-state index is 14.2. The molecule has 0 amide bonds. The third-order valence-corrected chi connectivity index (χ3v) is 4.32. The summed E-state index contributed by atoms with van der Waals surface area (Å²) < 4.78 is 29.5. The number of halogens is 3. The Morgan fingerprint density at radius 2 is 1.86 bits per heavy atom. The van der Waals surface area contributed by atoms with Crippen LogP contribution >= 0.6 is 11.6 Å². The lowest BCUT2D eigenvalue weighted by Gasteiger charge is -2.28. The van der Waals surface area contributed by atoms with Gasteiger partial charge in [-0.05, 0) is 30.4 Å². The number of alkyl halides is 1. The second-order valence-corrected chi connectivity index (χ2v) is 7.35. The Balaban J connectivity index is 2.63. The summed E-state index contributed by atoms with van der Waals surface area (Å²) in [5.41, 5.74) is 0.693. The molecule has 116 valence electrons. The van der Waals surface area contributed by atoms with Crippen LogP contribution in [0.3, 0.4) is 0 Å². The van der Waals surface area contributed by atoms with E-state index >= 15 is 0 Å². The van der Waals surface area contributed by atoms with Gasteiger partial charge in [-0.15, -0.1) is 11.6 Å². The summed E-state index contributed by atoms with van der Waals surface area (Å²) in [4.78, 5) is 4.37. The average Bonchev–Trinajstić information content (AvgIpc) is 2.72. The Labute approximate surface area is 129 Å². The maximum Gasteiger partial charge on any atom is 0.184 e. The molecule has 0 aliphatic rings. The summed E-state index contributed by atoms with van der Waals surface area (Å²) in [5.74, 6) is -0.885. The van der Waals surface area contributed by atoms with Crippen LogP contribution in [-0.2, 0) is 6.54 Å². The van der Waals surface area contributed by atoms with E-state index in [9.17, 15) is 8.78 Å². The molecule has 2 atom stereocenters. The first-order chi connectivity index (χ1) is 9.62. The van der Waals surface area contributed by atoms with Crippen LogP contribution in [0.5, 0.6) is 0 Å². The largest absolute Gasteiger partial charge is 0.324 e. The number of hydrogen-bond donors (Lipinski definition) is 0. The van der Waals surface area contributed by atoms with Crippen LogP contribution in [0.1, 0.15) is 45.8 Å². The second-order valence-electron chi connectivity index (χ2n) is 6.69. The fourth-order valence-corrected chi connectivity index (χ4v) is 2.38. The summed E-state index contributed by atoms with van der Waals surface area (Å²) in [6.45, 7) is 10.8. The highest BCUT2D eigenvalue weighted by molar-refractivity contribution is 6.20. The van der Waals surface area contributed by atoms with Crippen LogP contribution in [0, 0.1) is 23.0 Å². The fraction of sp³-hybridized carbons (Fsp3) is 0.562. The Hall–Kier alpha value is -1.16. The predicted molar refractivity (Wildman–Crippen MR) is 82.5 cm³/mol. The predicted octanol–water partition coefficient (Wildman–Crippen LogP) is 5.30. The SMILES string of the molecule is CC(Cl)c1nc2ccc(F)c(F)c2n1CC(C)C(C)(C)C. The first kappa shape index (κ1) is 16.2. The van der Waals surface area contributed by atoms with E-state index in [2.05, 4.69) is 32.7 Å². The van der Waals surface area contributed by atoms with Gasteiger partial charge in [-0.1, -0.05) is 27.7 Å². The van der Waals surface area contributed by atoms with Gasteiger partial charge in [0.15, 0.2) is 11.6 Å². The molecule has 1 aromatic carbocycles. The summed E-state index contributed by atoms with van der Waals surface area (Å²) >= 11 is 6.17. The Kier molecular flexibility index (Phi) is 4.29. The first-order valence-corrected chi connectivity index (χ1v) is 7.54. The fourth-order valence-electron chi connectivity index (χ4n) is 2.21. The Bertz CT molecular complexity index is 656. The monoisotopic (exact) mass is 314 g/mol. The molecule has 0 N–H and O–H groups in total. The van der Waals surface area contributed by atoms with Crippen molar-refractivity contribution in [2.24, 2.45) is 11.3 Å². The minimum absolute atomic E-state index is 0.0488. The van der Waals surface area contributed by atoms with Gasteiger partial charge in [0, 0.05) is 6.54 Å². The van der Waals surface area contributed by atoms with E-state index in [4.69, 9.17) is 11.6 Å². The van der Waals surface area contributed by atoms with Gasteiger partial charge in [-0.2, -0.15) is 0 Å². The topological polar surface area (TPSA) is 17.8 Å². The molecule has 0 radical (unpaired) electrons. The van der Waals surface area contributed by atoms with Crippen molar-refractivity contribution in [2.75, 3.05) is 0 Å². The van der Waals surface area contributed by atoms with Crippen LogP contribution in [0.15, 0.2) is 12.1 Å². The summed E-state index contributed by atoms with van der Waals surface area (Å²) in [6.07, 6.45) is 0. The maximum absolute atomic E-state index is 14.2. The van der Waals surface area contributed by atoms with Gasteiger partial charge < -0.3 is 4.57 Å². The highest BCUT2D eigenvalue weighted by Crippen LogP contribution is 2.32. The molecule has 0 saturated carbocycles. The van der Waals surface area contributed by atoms with Gasteiger partial charge in [0.2, 0.25) is 0 Å². The summed E-state index contributed by atoms with van der Waals surface area (Å²) in [7, 11) is 0. The van der Waals surface area contributed by atoms with Crippen molar-refractivity contribution in [1.29, 1.82) is 0 Å². The molecule has 2 unspecified atom stereocenters. The van der Waals surface area contributed by atoms with E-state index in [1.807, 2.05) is 0 Å². The Morgan fingerprint density at radius 1 is 1.24 bits per heavy atom. The van der Waals surface area contributed by atoms with Crippen molar-refractivity contribution >= 4 is 22.6 Å². The molecule has 2 nitrogen and oxygen atoms in total. The number of nitrogens with zero attached hydrogens (tertiary/aromatic N) is 2. The molecule has 1 heterocycles. The molecule has 1 aromatic heterocycles. The van der Waals surface area contributed by atoms with E-state index in [0.29, 0.717) is 17.9 Å². The van der Waals surface area contributed by atoms with Crippen molar-refractivity contribution < 1.29 is 8.78 Å². The third kappa shape index (κ3) is 3.05. The average molecular weight is 315 g/mol. The second kappa shape index (κ2) is 5.56. The van der Waals surface area contributed by atoms with E-state index in [0.717, 1.165) is 6.07 Å². The van der Waals surface area contributed by atoms with Gasteiger partial charge in [0.05, 0.1) is 10.9 Å².